The molecule has 3 nitrogen and oxygen atoms in total. The van der Waals surface area contributed by atoms with E-state index in [9.17, 15) is 4.79 Å². The van der Waals surface area contributed by atoms with Gasteiger partial charge in [-0.2, -0.15) is 0 Å². The Labute approximate surface area is 132 Å². The topological polar surface area (TPSA) is 40.5 Å². The number of benzene rings is 2. The molecule has 0 saturated carbocycles. The number of aromatic carboxylic acids is 1. The van der Waals surface area contributed by atoms with Gasteiger partial charge in [0.2, 0.25) is 0 Å². The van der Waals surface area contributed by atoms with Gasteiger partial charge in [0.15, 0.2) is 0 Å². The minimum absolute atomic E-state index is 0.308. The number of fused-ring (bicyclic) bond motifs is 1. The number of halogens is 2. The third-order valence-electron chi connectivity index (χ3n) is 3.70. The van der Waals surface area contributed by atoms with E-state index in [1.54, 1.807) is 18.2 Å². The van der Waals surface area contributed by atoms with Crippen molar-refractivity contribution in [2.24, 2.45) is 0 Å². The fourth-order valence-corrected chi connectivity index (χ4v) is 3.07. The van der Waals surface area contributed by atoms with Crippen LogP contribution in [0, 0.1) is 0 Å². The monoisotopic (exact) mass is 321 g/mol. The molecule has 0 aliphatic carbocycles. The molecule has 0 radical (unpaired) electrons. The van der Waals surface area contributed by atoms with Crippen LogP contribution >= 0.6 is 23.2 Å². The molecule has 0 atom stereocenters. The summed E-state index contributed by atoms with van der Waals surface area (Å²) in [6.45, 7) is 1.50. The smallest absolute Gasteiger partial charge is 0.335 e. The van der Waals surface area contributed by atoms with E-state index in [4.69, 9.17) is 28.3 Å². The minimum Gasteiger partial charge on any atom is -0.478 e. The fourth-order valence-electron chi connectivity index (χ4n) is 2.60. The van der Waals surface area contributed by atoms with Gasteiger partial charge >= 0.3 is 5.97 Å². The largest absolute Gasteiger partial charge is 0.478 e. The third kappa shape index (κ3) is 2.85. The zero-order valence-electron chi connectivity index (χ0n) is 11.1. The lowest BCUT2D eigenvalue weighted by molar-refractivity contribution is 0.0697. The van der Waals surface area contributed by atoms with Crippen molar-refractivity contribution < 1.29 is 9.90 Å². The molecule has 1 aliphatic heterocycles. The quantitative estimate of drug-likeness (QED) is 0.918. The maximum atomic E-state index is 11.1. The first kappa shape index (κ1) is 14.2. The van der Waals surface area contributed by atoms with Gasteiger partial charge in [-0.05, 0) is 41.8 Å². The second-order valence-corrected chi connectivity index (χ2v) is 5.90. The molecule has 1 N–H and O–H groups in total. The molecule has 2 aromatic rings. The summed E-state index contributed by atoms with van der Waals surface area (Å²) in [6, 6.07) is 10.7. The summed E-state index contributed by atoms with van der Waals surface area (Å²) in [7, 11) is 0. The Balaban J connectivity index is 1.90. The number of rotatable bonds is 3. The van der Waals surface area contributed by atoms with Crippen LogP contribution in [0.2, 0.25) is 10.0 Å². The molecule has 0 fully saturated rings. The Bertz CT molecular complexity index is 715. The Morgan fingerprint density at radius 1 is 1.19 bits per heavy atom. The van der Waals surface area contributed by atoms with Gasteiger partial charge in [0.1, 0.15) is 0 Å². The van der Waals surface area contributed by atoms with Crippen molar-refractivity contribution in [1.82, 2.24) is 0 Å². The zero-order chi connectivity index (χ0) is 15.0. The highest BCUT2D eigenvalue weighted by Gasteiger charge is 2.21. The van der Waals surface area contributed by atoms with Crippen molar-refractivity contribution in [3.8, 4) is 0 Å². The van der Waals surface area contributed by atoms with E-state index in [1.165, 1.54) is 5.56 Å². The van der Waals surface area contributed by atoms with Gasteiger partial charge in [-0.15, -0.1) is 0 Å². The summed E-state index contributed by atoms with van der Waals surface area (Å²) < 4.78 is 0. The lowest BCUT2D eigenvalue weighted by Crippen LogP contribution is -2.20. The van der Waals surface area contributed by atoms with Crippen molar-refractivity contribution in [3.63, 3.8) is 0 Å². The van der Waals surface area contributed by atoms with Crippen molar-refractivity contribution in [1.29, 1.82) is 0 Å². The van der Waals surface area contributed by atoms with E-state index in [2.05, 4.69) is 4.90 Å². The SMILES string of the molecule is O=C(O)c1ccc2c(c1)N(Cc1ccc(Cl)cc1Cl)CC2. The predicted molar refractivity (Wildman–Crippen MR) is 84.6 cm³/mol. The summed E-state index contributed by atoms with van der Waals surface area (Å²) in [5.41, 5.74) is 3.43. The van der Waals surface area contributed by atoms with Crippen molar-refractivity contribution in [2.45, 2.75) is 13.0 Å². The Kier molecular flexibility index (Phi) is 3.79. The molecule has 0 unspecified atom stereocenters. The first-order valence-corrected chi connectivity index (χ1v) is 7.35. The van der Waals surface area contributed by atoms with E-state index in [-0.39, 0.29) is 0 Å². The van der Waals surface area contributed by atoms with Crippen LogP contribution in [0.5, 0.6) is 0 Å². The number of carboxylic acid groups (broad SMARTS) is 1. The molecular formula is C16H13Cl2NO2. The van der Waals surface area contributed by atoms with E-state index in [0.29, 0.717) is 22.2 Å². The van der Waals surface area contributed by atoms with Gasteiger partial charge < -0.3 is 10.0 Å². The summed E-state index contributed by atoms with van der Waals surface area (Å²) in [5.74, 6) is -0.908. The zero-order valence-corrected chi connectivity index (χ0v) is 12.7. The second-order valence-electron chi connectivity index (χ2n) is 5.06. The average molecular weight is 322 g/mol. The van der Waals surface area contributed by atoms with Gasteiger partial charge in [0.25, 0.3) is 0 Å². The Morgan fingerprint density at radius 3 is 2.71 bits per heavy atom. The van der Waals surface area contributed by atoms with Crippen molar-refractivity contribution in [3.05, 3.63) is 63.1 Å². The van der Waals surface area contributed by atoms with Crippen LogP contribution < -0.4 is 4.90 Å². The fraction of sp³-hybridized carbons (Fsp3) is 0.188. The lowest BCUT2D eigenvalue weighted by Gasteiger charge is -2.20. The molecule has 2 aromatic carbocycles. The number of hydrogen-bond acceptors (Lipinski definition) is 2. The van der Waals surface area contributed by atoms with Crippen LogP contribution in [-0.2, 0) is 13.0 Å². The van der Waals surface area contributed by atoms with Crippen LogP contribution in [0.1, 0.15) is 21.5 Å². The molecule has 0 spiro atoms. The molecule has 0 aromatic heterocycles. The first-order chi connectivity index (χ1) is 10.0. The third-order valence-corrected chi connectivity index (χ3v) is 4.29. The van der Waals surface area contributed by atoms with E-state index in [0.717, 1.165) is 24.2 Å². The summed E-state index contributed by atoms with van der Waals surface area (Å²) in [6.07, 6.45) is 0.917. The van der Waals surface area contributed by atoms with Crippen molar-refractivity contribution >= 4 is 34.9 Å². The number of carboxylic acids is 1. The molecule has 5 heteroatoms. The molecule has 3 rings (SSSR count). The molecular weight excluding hydrogens is 309 g/mol. The van der Waals surface area contributed by atoms with E-state index in [1.807, 2.05) is 18.2 Å². The maximum Gasteiger partial charge on any atom is 0.335 e. The molecule has 21 heavy (non-hydrogen) atoms. The van der Waals surface area contributed by atoms with Crippen LogP contribution in [0.4, 0.5) is 5.69 Å². The van der Waals surface area contributed by atoms with Crippen LogP contribution in [0.25, 0.3) is 0 Å². The van der Waals surface area contributed by atoms with Gasteiger partial charge in [-0.3, -0.25) is 0 Å². The number of anilines is 1. The number of hydrogen-bond donors (Lipinski definition) is 1. The molecule has 0 saturated heterocycles. The summed E-state index contributed by atoms with van der Waals surface area (Å²) in [5, 5.41) is 10.4. The number of nitrogens with zero attached hydrogens (tertiary/aromatic N) is 1. The normalized spacial score (nSPS) is 13.3. The van der Waals surface area contributed by atoms with E-state index < -0.39 is 5.97 Å². The molecule has 0 bridgehead atoms. The molecule has 108 valence electrons. The predicted octanol–water partition coefficient (Wildman–Crippen LogP) is 4.25. The maximum absolute atomic E-state index is 11.1. The molecule has 1 aliphatic rings. The highest BCUT2D eigenvalue weighted by Crippen LogP contribution is 2.32. The average Bonchev–Trinajstić information content (AvgIpc) is 2.84. The van der Waals surface area contributed by atoms with Crippen LogP contribution in [-0.4, -0.2) is 17.6 Å². The van der Waals surface area contributed by atoms with Crippen LogP contribution in [0.15, 0.2) is 36.4 Å². The van der Waals surface area contributed by atoms with Gasteiger partial charge in [0.05, 0.1) is 5.56 Å². The minimum atomic E-state index is -0.908. The summed E-state index contributed by atoms with van der Waals surface area (Å²) >= 11 is 12.1. The molecule has 0 amide bonds. The summed E-state index contributed by atoms with van der Waals surface area (Å²) in [4.78, 5) is 13.3. The Hall–Kier alpha value is -1.71. The molecule has 1 heterocycles. The van der Waals surface area contributed by atoms with Crippen molar-refractivity contribution in [2.75, 3.05) is 11.4 Å². The first-order valence-electron chi connectivity index (χ1n) is 6.59. The highest BCUT2D eigenvalue weighted by atomic mass is 35.5. The van der Waals surface area contributed by atoms with Crippen LogP contribution in [0.3, 0.4) is 0 Å². The second kappa shape index (κ2) is 5.58. The highest BCUT2D eigenvalue weighted by molar-refractivity contribution is 6.35. The standard InChI is InChI=1S/C16H13Cl2NO2/c17-13-4-3-12(14(18)8-13)9-19-6-5-10-1-2-11(16(20)21)7-15(10)19/h1-4,7-8H,5-6,9H2,(H,20,21). The van der Waals surface area contributed by atoms with E-state index >= 15 is 0 Å². The van der Waals surface area contributed by atoms with Gasteiger partial charge in [-0.25, -0.2) is 4.79 Å². The number of carbonyl (C=O) groups is 1. The van der Waals surface area contributed by atoms with Gasteiger partial charge in [-0.1, -0.05) is 35.3 Å². The Morgan fingerprint density at radius 2 is 2.00 bits per heavy atom. The lowest BCUT2D eigenvalue weighted by atomic mass is 10.1. The van der Waals surface area contributed by atoms with Gasteiger partial charge in [0, 0.05) is 28.8 Å².